The molecule has 0 amide bonds. The second-order valence-corrected chi connectivity index (χ2v) is 14.7. The summed E-state index contributed by atoms with van der Waals surface area (Å²) < 4.78 is 31.5. The van der Waals surface area contributed by atoms with Crippen LogP contribution in [0.2, 0.25) is 0 Å². The molecule has 3 rings (SSSR count). The van der Waals surface area contributed by atoms with Crippen molar-refractivity contribution in [2.24, 2.45) is 16.7 Å². The van der Waals surface area contributed by atoms with Gasteiger partial charge in [0.1, 0.15) is 5.78 Å². The van der Waals surface area contributed by atoms with E-state index in [1.807, 2.05) is 13.8 Å². The maximum Gasteiger partial charge on any atom is 0.277 e. The van der Waals surface area contributed by atoms with Crippen molar-refractivity contribution in [2.45, 2.75) is 40.0 Å². The lowest BCUT2D eigenvalue weighted by Gasteiger charge is -2.37. The summed E-state index contributed by atoms with van der Waals surface area (Å²) in [5.74, 6) is -0.787. The fraction of sp³-hybridized carbons (Fsp3) is 0.591. The number of fused-ring (bicyclic) bond motifs is 2. The first-order chi connectivity index (χ1) is 13.7. The standard InChI is InChI=1S/C22H30O6S2/c1-15(23)17-8-6-7-9-18(17)19(24)13-29(4,5)28-30(26,27)14-22-11-10-16(12-20(22)25)21(22,2)3/h6-9,16H,10-14H2,1-5H3. The minimum atomic E-state index is -4.03. The Morgan fingerprint density at radius 1 is 1.13 bits per heavy atom. The lowest BCUT2D eigenvalue weighted by molar-refractivity contribution is -0.128. The topological polar surface area (TPSA) is 94.6 Å². The van der Waals surface area contributed by atoms with Crippen LogP contribution in [0, 0.1) is 16.7 Å². The first-order valence-corrected chi connectivity index (χ1v) is 14.1. The smallest absolute Gasteiger partial charge is 0.277 e. The molecule has 1 aromatic carbocycles. The van der Waals surface area contributed by atoms with Gasteiger partial charge in [0.2, 0.25) is 0 Å². The van der Waals surface area contributed by atoms with E-state index < -0.39 is 25.8 Å². The summed E-state index contributed by atoms with van der Waals surface area (Å²) in [4.78, 5) is 37.3. The maximum absolute atomic E-state index is 13.0. The second kappa shape index (κ2) is 7.57. The van der Waals surface area contributed by atoms with Crippen LogP contribution in [0.5, 0.6) is 0 Å². The van der Waals surface area contributed by atoms with Crippen LogP contribution in [0.15, 0.2) is 24.3 Å². The molecule has 2 fully saturated rings. The van der Waals surface area contributed by atoms with E-state index in [4.69, 9.17) is 3.63 Å². The summed E-state index contributed by atoms with van der Waals surface area (Å²) in [6, 6.07) is 6.50. The molecule has 2 aliphatic carbocycles. The van der Waals surface area contributed by atoms with Gasteiger partial charge in [-0.25, -0.2) is 3.63 Å². The van der Waals surface area contributed by atoms with Crippen LogP contribution in [0.25, 0.3) is 0 Å². The summed E-state index contributed by atoms with van der Waals surface area (Å²) in [5, 5.41) is 0. The zero-order valence-electron chi connectivity index (χ0n) is 18.2. The van der Waals surface area contributed by atoms with E-state index in [-0.39, 0.29) is 45.8 Å². The summed E-state index contributed by atoms with van der Waals surface area (Å²) in [6.45, 7) is 5.34. The molecule has 0 saturated heterocycles. The highest BCUT2D eigenvalue weighted by Gasteiger charge is 2.65. The Hall–Kier alpha value is -1.51. The third-order valence-electron chi connectivity index (χ3n) is 6.94. The monoisotopic (exact) mass is 454 g/mol. The van der Waals surface area contributed by atoms with E-state index in [2.05, 4.69) is 0 Å². The number of Topliss-reactive ketones (excluding diaryl/α,β-unsaturated/α-hetero) is 3. The van der Waals surface area contributed by atoms with Gasteiger partial charge in [-0.05, 0) is 43.6 Å². The fourth-order valence-corrected chi connectivity index (χ4v) is 9.86. The van der Waals surface area contributed by atoms with Crippen LogP contribution in [-0.2, 0) is 18.5 Å². The Morgan fingerprint density at radius 2 is 1.73 bits per heavy atom. The maximum atomic E-state index is 13.0. The summed E-state index contributed by atoms with van der Waals surface area (Å²) in [7, 11) is -6.33. The molecular weight excluding hydrogens is 424 g/mol. The number of carbonyl (C=O) groups is 3. The van der Waals surface area contributed by atoms with Crippen LogP contribution in [-0.4, -0.2) is 49.8 Å². The largest absolute Gasteiger partial charge is 0.299 e. The predicted molar refractivity (Wildman–Crippen MR) is 119 cm³/mol. The van der Waals surface area contributed by atoms with Gasteiger partial charge in [0.05, 0.1) is 16.9 Å². The highest BCUT2D eigenvalue weighted by molar-refractivity contribution is 8.32. The molecule has 0 aliphatic heterocycles. The van der Waals surface area contributed by atoms with E-state index in [0.29, 0.717) is 18.4 Å². The van der Waals surface area contributed by atoms with Crippen LogP contribution >= 0.6 is 10.3 Å². The van der Waals surface area contributed by atoms with Gasteiger partial charge >= 0.3 is 0 Å². The van der Waals surface area contributed by atoms with Gasteiger partial charge in [-0.1, -0.05) is 38.1 Å². The van der Waals surface area contributed by atoms with Crippen molar-refractivity contribution in [3.63, 3.8) is 0 Å². The Bertz CT molecular complexity index is 1010. The SMILES string of the molecule is CC(=O)c1ccccc1C(=O)CS(C)(C)OS(=O)(=O)CC12CCC(CC1=O)C2(C)C. The van der Waals surface area contributed by atoms with Crippen molar-refractivity contribution in [3.05, 3.63) is 35.4 Å². The van der Waals surface area contributed by atoms with E-state index in [0.717, 1.165) is 6.42 Å². The number of carbonyl (C=O) groups excluding carboxylic acids is 3. The van der Waals surface area contributed by atoms with Gasteiger partial charge in [-0.2, -0.15) is 8.42 Å². The molecule has 2 aliphatic rings. The van der Waals surface area contributed by atoms with Crippen molar-refractivity contribution in [2.75, 3.05) is 24.0 Å². The van der Waals surface area contributed by atoms with Gasteiger partial charge in [-0.15, -0.1) is 10.3 Å². The van der Waals surface area contributed by atoms with Crippen LogP contribution in [0.4, 0.5) is 0 Å². The van der Waals surface area contributed by atoms with Gasteiger partial charge in [0.15, 0.2) is 11.6 Å². The van der Waals surface area contributed by atoms with Gasteiger partial charge < -0.3 is 0 Å². The normalized spacial score (nSPS) is 26.0. The molecule has 166 valence electrons. The Balaban J connectivity index is 1.77. The first kappa shape index (κ1) is 23.2. The zero-order chi connectivity index (χ0) is 22.5. The number of ketones is 3. The molecular formula is C22H30O6S2. The Kier molecular flexibility index (Phi) is 5.84. The third kappa shape index (κ3) is 4.01. The van der Waals surface area contributed by atoms with Crippen LogP contribution in [0.1, 0.15) is 60.7 Å². The summed E-state index contributed by atoms with van der Waals surface area (Å²) in [6.07, 6.45) is 5.09. The average molecular weight is 455 g/mol. The highest BCUT2D eigenvalue weighted by atomic mass is 32.3. The minimum absolute atomic E-state index is 0.00944. The molecule has 2 atom stereocenters. The predicted octanol–water partition coefficient (Wildman–Crippen LogP) is 3.79. The van der Waals surface area contributed by atoms with Crippen molar-refractivity contribution in [1.82, 2.24) is 0 Å². The molecule has 0 aromatic heterocycles. The van der Waals surface area contributed by atoms with E-state index in [1.54, 1.807) is 36.8 Å². The molecule has 0 heterocycles. The third-order valence-corrected chi connectivity index (χ3v) is 11.0. The quantitative estimate of drug-likeness (QED) is 0.555. The number of hydrogen-bond acceptors (Lipinski definition) is 6. The highest BCUT2D eigenvalue weighted by Crippen LogP contribution is 2.64. The van der Waals surface area contributed by atoms with Crippen LogP contribution < -0.4 is 0 Å². The lowest BCUT2D eigenvalue weighted by atomic mass is 9.70. The first-order valence-electron chi connectivity index (χ1n) is 10.0. The van der Waals surface area contributed by atoms with Crippen LogP contribution in [0.3, 0.4) is 0 Å². The molecule has 0 N–H and O–H groups in total. The number of benzene rings is 1. The van der Waals surface area contributed by atoms with Crippen molar-refractivity contribution >= 4 is 37.8 Å². The molecule has 0 radical (unpaired) electrons. The van der Waals surface area contributed by atoms with E-state index in [9.17, 15) is 22.8 Å². The van der Waals surface area contributed by atoms with Crippen molar-refractivity contribution in [3.8, 4) is 0 Å². The Morgan fingerprint density at radius 3 is 2.23 bits per heavy atom. The molecule has 2 saturated carbocycles. The number of hydrogen-bond donors (Lipinski definition) is 0. The second-order valence-electron chi connectivity index (χ2n) is 9.54. The lowest BCUT2D eigenvalue weighted by Crippen LogP contribution is -2.42. The van der Waals surface area contributed by atoms with Crippen molar-refractivity contribution < 1.29 is 26.4 Å². The van der Waals surface area contributed by atoms with Gasteiger partial charge in [-0.3, -0.25) is 14.4 Å². The van der Waals surface area contributed by atoms with Gasteiger partial charge in [0, 0.05) is 17.5 Å². The average Bonchev–Trinajstić information content (AvgIpc) is 2.93. The molecule has 2 unspecified atom stereocenters. The molecule has 30 heavy (non-hydrogen) atoms. The molecule has 6 nitrogen and oxygen atoms in total. The number of rotatable bonds is 8. The molecule has 1 aromatic rings. The van der Waals surface area contributed by atoms with Gasteiger partial charge in [0.25, 0.3) is 10.1 Å². The molecule has 0 spiro atoms. The summed E-state index contributed by atoms with van der Waals surface area (Å²) in [5.41, 5.74) is -0.696. The van der Waals surface area contributed by atoms with E-state index in [1.165, 1.54) is 6.92 Å². The fourth-order valence-electron chi connectivity index (χ4n) is 5.17. The zero-order valence-corrected chi connectivity index (χ0v) is 19.8. The molecule has 8 heteroatoms. The van der Waals surface area contributed by atoms with Crippen molar-refractivity contribution in [1.29, 1.82) is 0 Å². The summed E-state index contributed by atoms with van der Waals surface area (Å²) >= 11 is 0. The minimum Gasteiger partial charge on any atom is -0.299 e. The molecule has 2 bridgehead atoms. The van der Waals surface area contributed by atoms with E-state index >= 15 is 0 Å². The Labute approximate surface area is 180 Å².